The first-order valence-corrected chi connectivity index (χ1v) is 8.37. The van der Waals surface area contributed by atoms with Gasteiger partial charge in [0.05, 0.1) is 13.3 Å². The lowest BCUT2D eigenvalue weighted by atomic mass is 10.2. The Morgan fingerprint density at radius 3 is 2.68 bits per heavy atom. The summed E-state index contributed by atoms with van der Waals surface area (Å²) in [6, 6.07) is 13.8. The van der Waals surface area contributed by atoms with Crippen molar-refractivity contribution >= 4 is 29.1 Å². The van der Waals surface area contributed by atoms with E-state index in [-0.39, 0.29) is 5.76 Å². The molecule has 1 atom stereocenters. The van der Waals surface area contributed by atoms with Crippen molar-refractivity contribution in [3.05, 3.63) is 59.9 Å². The summed E-state index contributed by atoms with van der Waals surface area (Å²) in [7, 11) is 1.44. The molecule has 0 aliphatic rings. The van der Waals surface area contributed by atoms with Crippen LogP contribution < -0.4 is 14.9 Å². The molecule has 28 heavy (non-hydrogen) atoms. The number of para-hydroxylation sites is 1. The zero-order chi connectivity index (χ0) is 20.1. The first-order chi connectivity index (χ1) is 13.5. The first-order valence-electron chi connectivity index (χ1n) is 8.37. The molecule has 2 aromatic carbocycles. The van der Waals surface area contributed by atoms with Crippen LogP contribution in [-0.2, 0) is 4.79 Å². The van der Waals surface area contributed by atoms with Gasteiger partial charge < -0.3 is 19.0 Å². The number of hydrazone groups is 1. The Morgan fingerprint density at radius 1 is 1.18 bits per heavy atom. The number of ether oxygens (including phenoxy) is 2. The smallest absolute Gasteiger partial charge is 0.344 e. The Hall–Kier alpha value is -3.81. The van der Waals surface area contributed by atoms with Crippen LogP contribution in [0.2, 0.25) is 0 Å². The zero-order valence-electron chi connectivity index (χ0n) is 15.2. The maximum atomic E-state index is 12.1. The molecule has 0 bridgehead atoms. The molecule has 8 heteroatoms. The number of carboxylic acid groups (broad SMARTS) is 1. The molecule has 1 amide bonds. The van der Waals surface area contributed by atoms with E-state index in [4.69, 9.17) is 19.0 Å². The summed E-state index contributed by atoms with van der Waals surface area (Å²) in [4.78, 5) is 23.1. The highest BCUT2D eigenvalue weighted by atomic mass is 16.5. The molecule has 3 rings (SSSR count). The number of furan rings is 1. The Labute approximate surface area is 160 Å². The van der Waals surface area contributed by atoms with Crippen LogP contribution in [0.4, 0.5) is 0 Å². The van der Waals surface area contributed by atoms with Crippen LogP contribution >= 0.6 is 0 Å². The van der Waals surface area contributed by atoms with E-state index in [1.165, 1.54) is 20.2 Å². The Kier molecular flexibility index (Phi) is 5.59. The molecule has 0 aliphatic carbocycles. The molecule has 0 saturated carbocycles. The molecule has 1 heterocycles. The third-order valence-corrected chi connectivity index (χ3v) is 3.87. The van der Waals surface area contributed by atoms with Crippen molar-refractivity contribution in [2.24, 2.45) is 5.10 Å². The van der Waals surface area contributed by atoms with Crippen molar-refractivity contribution in [1.29, 1.82) is 0 Å². The van der Waals surface area contributed by atoms with Crippen molar-refractivity contribution in [2.45, 2.75) is 13.0 Å². The molecule has 0 unspecified atom stereocenters. The molecule has 8 nitrogen and oxygen atoms in total. The number of carbonyl (C=O) groups excluding carboxylic acids is 1. The molecular weight excluding hydrogens is 364 g/mol. The van der Waals surface area contributed by atoms with Crippen LogP contribution in [0.25, 0.3) is 11.0 Å². The molecule has 0 radical (unpaired) electrons. The van der Waals surface area contributed by atoms with Gasteiger partial charge in [-0.25, -0.2) is 10.2 Å². The third kappa shape index (κ3) is 4.29. The van der Waals surface area contributed by atoms with Gasteiger partial charge >= 0.3 is 11.9 Å². The van der Waals surface area contributed by atoms with E-state index in [1.807, 2.05) is 18.2 Å². The van der Waals surface area contributed by atoms with Gasteiger partial charge in [0.2, 0.25) is 0 Å². The quantitative estimate of drug-likeness (QED) is 0.480. The molecule has 0 aliphatic heterocycles. The van der Waals surface area contributed by atoms with Gasteiger partial charge in [0.25, 0.3) is 0 Å². The van der Waals surface area contributed by atoms with E-state index in [0.29, 0.717) is 22.6 Å². The number of benzene rings is 2. The van der Waals surface area contributed by atoms with Gasteiger partial charge in [0.15, 0.2) is 23.4 Å². The van der Waals surface area contributed by atoms with Gasteiger partial charge in [0, 0.05) is 5.39 Å². The number of aliphatic carboxylic acids is 1. The second-order valence-corrected chi connectivity index (χ2v) is 5.86. The maximum absolute atomic E-state index is 12.1. The predicted molar refractivity (Wildman–Crippen MR) is 102 cm³/mol. The highest BCUT2D eigenvalue weighted by Crippen LogP contribution is 2.28. The third-order valence-electron chi connectivity index (χ3n) is 3.87. The molecule has 1 aromatic heterocycles. The van der Waals surface area contributed by atoms with E-state index in [2.05, 4.69) is 10.5 Å². The van der Waals surface area contributed by atoms with Crippen LogP contribution in [0.1, 0.15) is 23.0 Å². The summed E-state index contributed by atoms with van der Waals surface area (Å²) in [5.41, 5.74) is 3.64. The standard InChI is InChI=1S/C20H18N2O6/c1-12(20(24)25)27-16-8-7-13(9-17(16)26-2)11-21-22-19(23)18-10-14-5-3-4-6-15(14)28-18/h3-12H,1-2H3,(H,22,23)(H,24,25)/b21-11+/t12-/m1/s1. The minimum Gasteiger partial charge on any atom is -0.493 e. The van der Waals surface area contributed by atoms with Crippen LogP contribution in [0.3, 0.4) is 0 Å². The van der Waals surface area contributed by atoms with Crippen molar-refractivity contribution in [3.63, 3.8) is 0 Å². The number of nitrogens with zero attached hydrogens (tertiary/aromatic N) is 1. The number of carbonyl (C=O) groups is 2. The van der Waals surface area contributed by atoms with Gasteiger partial charge in [-0.1, -0.05) is 18.2 Å². The molecule has 144 valence electrons. The number of carboxylic acids is 1. The molecular formula is C20H18N2O6. The van der Waals surface area contributed by atoms with E-state index in [1.54, 1.807) is 30.3 Å². The molecule has 0 fully saturated rings. The molecule has 3 aromatic rings. The number of rotatable bonds is 7. The van der Waals surface area contributed by atoms with Crippen LogP contribution in [-0.4, -0.2) is 36.4 Å². The zero-order valence-corrected chi connectivity index (χ0v) is 15.2. The van der Waals surface area contributed by atoms with Crippen molar-refractivity contribution in [2.75, 3.05) is 7.11 Å². The summed E-state index contributed by atoms with van der Waals surface area (Å²) < 4.78 is 16.0. The molecule has 0 spiro atoms. The number of nitrogens with one attached hydrogen (secondary N) is 1. The fraction of sp³-hybridized carbons (Fsp3) is 0.150. The summed E-state index contributed by atoms with van der Waals surface area (Å²) >= 11 is 0. The molecule has 0 saturated heterocycles. The van der Waals surface area contributed by atoms with Crippen LogP contribution in [0.15, 0.2) is 58.0 Å². The second-order valence-electron chi connectivity index (χ2n) is 5.86. The Bertz CT molecular complexity index is 1010. The number of amides is 1. The lowest BCUT2D eigenvalue weighted by Gasteiger charge is -2.13. The lowest BCUT2D eigenvalue weighted by molar-refractivity contribution is -0.144. The largest absolute Gasteiger partial charge is 0.493 e. The number of methoxy groups -OCH3 is 1. The lowest BCUT2D eigenvalue weighted by Crippen LogP contribution is -2.23. The highest BCUT2D eigenvalue weighted by molar-refractivity contribution is 5.96. The average Bonchev–Trinajstić information content (AvgIpc) is 3.13. The van der Waals surface area contributed by atoms with Crippen molar-refractivity contribution < 1.29 is 28.6 Å². The first kappa shape index (κ1) is 19.0. The fourth-order valence-electron chi connectivity index (χ4n) is 2.42. The highest BCUT2D eigenvalue weighted by Gasteiger charge is 2.15. The molecule has 2 N–H and O–H groups in total. The second kappa shape index (κ2) is 8.26. The summed E-state index contributed by atoms with van der Waals surface area (Å²) in [6.45, 7) is 1.42. The number of hydrogen-bond acceptors (Lipinski definition) is 6. The summed E-state index contributed by atoms with van der Waals surface area (Å²) in [5, 5.41) is 13.7. The van der Waals surface area contributed by atoms with Crippen LogP contribution in [0, 0.1) is 0 Å². The van der Waals surface area contributed by atoms with E-state index in [0.717, 1.165) is 5.39 Å². The normalized spacial score (nSPS) is 12.1. The van der Waals surface area contributed by atoms with Gasteiger partial charge in [0.1, 0.15) is 5.58 Å². The number of hydrogen-bond donors (Lipinski definition) is 2. The Morgan fingerprint density at radius 2 is 1.96 bits per heavy atom. The summed E-state index contributed by atoms with van der Waals surface area (Å²) in [6.07, 6.45) is 0.407. The van der Waals surface area contributed by atoms with Gasteiger partial charge in [-0.15, -0.1) is 0 Å². The Balaban J connectivity index is 1.68. The summed E-state index contributed by atoms with van der Waals surface area (Å²) in [5.74, 6) is -0.764. The van der Waals surface area contributed by atoms with Crippen molar-refractivity contribution in [1.82, 2.24) is 5.43 Å². The van der Waals surface area contributed by atoms with E-state index in [9.17, 15) is 9.59 Å². The van der Waals surface area contributed by atoms with E-state index < -0.39 is 18.0 Å². The maximum Gasteiger partial charge on any atom is 0.344 e. The fourth-order valence-corrected chi connectivity index (χ4v) is 2.42. The van der Waals surface area contributed by atoms with Crippen molar-refractivity contribution in [3.8, 4) is 11.5 Å². The van der Waals surface area contributed by atoms with Crippen LogP contribution in [0.5, 0.6) is 11.5 Å². The van der Waals surface area contributed by atoms with Gasteiger partial charge in [-0.3, -0.25) is 4.79 Å². The van der Waals surface area contributed by atoms with E-state index >= 15 is 0 Å². The SMILES string of the molecule is COc1cc(/C=N/NC(=O)c2cc3ccccc3o2)ccc1O[C@H](C)C(=O)O. The number of fused-ring (bicyclic) bond motifs is 1. The topological polar surface area (TPSA) is 110 Å². The average molecular weight is 382 g/mol. The monoisotopic (exact) mass is 382 g/mol. The minimum absolute atomic E-state index is 0.155. The minimum atomic E-state index is -1.08. The van der Waals surface area contributed by atoms with Gasteiger partial charge in [-0.2, -0.15) is 5.10 Å². The van der Waals surface area contributed by atoms with Gasteiger partial charge in [-0.05, 0) is 42.8 Å². The predicted octanol–water partition coefficient (Wildman–Crippen LogP) is 3.06.